The summed E-state index contributed by atoms with van der Waals surface area (Å²) in [4.78, 5) is 26.7. The molecule has 0 aliphatic carbocycles. The SMILES string of the molecule is CCCCCCCCCCOc1ccc(-c2ccc(C(=O)Oc3ccc(C(=O)O[C@H](C)CCCCCC)cc3)s2)cc1. The Balaban J connectivity index is 1.40. The minimum absolute atomic E-state index is 0.122. The van der Waals surface area contributed by atoms with Gasteiger partial charge in [-0.15, -0.1) is 11.3 Å². The average Bonchev–Trinajstić information content (AvgIpc) is 3.50. The first kappa shape index (κ1) is 33.4. The Hall–Kier alpha value is -3.12. The fraction of sp³-hybridized carbons (Fsp3) is 0.500. The van der Waals surface area contributed by atoms with Crippen molar-refractivity contribution in [1.82, 2.24) is 0 Å². The molecule has 228 valence electrons. The van der Waals surface area contributed by atoms with Gasteiger partial charge in [0.25, 0.3) is 0 Å². The number of hydrogen-bond acceptors (Lipinski definition) is 6. The van der Waals surface area contributed by atoms with Crippen LogP contribution in [0.5, 0.6) is 11.5 Å². The molecule has 42 heavy (non-hydrogen) atoms. The second kappa shape index (κ2) is 19.1. The van der Waals surface area contributed by atoms with Crippen LogP contribution in [0.15, 0.2) is 60.7 Å². The molecule has 3 rings (SSSR count). The van der Waals surface area contributed by atoms with Crippen LogP contribution in [0.25, 0.3) is 10.4 Å². The van der Waals surface area contributed by atoms with E-state index in [0.717, 1.165) is 48.5 Å². The molecule has 0 fully saturated rings. The van der Waals surface area contributed by atoms with E-state index >= 15 is 0 Å². The van der Waals surface area contributed by atoms with E-state index < -0.39 is 5.97 Å². The molecule has 3 aromatic rings. The summed E-state index contributed by atoms with van der Waals surface area (Å²) in [6, 6.07) is 18.2. The van der Waals surface area contributed by atoms with E-state index in [2.05, 4.69) is 13.8 Å². The summed E-state index contributed by atoms with van der Waals surface area (Å²) in [5.41, 5.74) is 1.47. The van der Waals surface area contributed by atoms with E-state index in [1.165, 1.54) is 69.1 Å². The van der Waals surface area contributed by atoms with Crippen LogP contribution in [0.2, 0.25) is 0 Å². The van der Waals surface area contributed by atoms with E-state index in [-0.39, 0.29) is 12.1 Å². The quantitative estimate of drug-likeness (QED) is 0.0742. The van der Waals surface area contributed by atoms with Gasteiger partial charge in [-0.3, -0.25) is 0 Å². The average molecular weight is 593 g/mol. The number of ether oxygens (including phenoxy) is 3. The van der Waals surface area contributed by atoms with Crippen molar-refractivity contribution in [1.29, 1.82) is 0 Å². The van der Waals surface area contributed by atoms with Gasteiger partial charge >= 0.3 is 11.9 Å². The first-order chi connectivity index (χ1) is 20.5. The minimum Gasteiger partial charge on any atom is -0.494 e. The molecule has 0 N–H and O–H groups in total. The van der Waals surface area contributed by atoms with Crippen molar-refractivity contribution in [3.05, 3.63) is 71.1 Å². The van der Waals surface area contributed by atoms with Crippen molar-refractivity contribution in [3.8, 4) is 21.9 Å². The lowest BCUT2D eigenvalue weighted by molar-refractivity contribution is 0.0319. The Labute approximate surface area is 256 Å². The molecule has 0 bridgehead atoms. The maximum Gasteiger partial charge on any atom is 0.353 e. The number of carbonyl (C=O) groups excluding carboxylic acids is 2. The van der Waals surface area contributed by atoms with Gasteiger partial charge in [0.2, 0.25) is 0 Å². The van der Waals surface area contributed by atoms with Crippen LogP contribution in [0.4, 0.5) is 0 Å². The minimum atomic E-state index is -0.424. The number of hydrogen-bond donors (Lipinski definition) is 0. The second-order valence-electron chi connectivity index (χ2n) is 11.0. The van der Waals surface area contributed by atoms with Crippen LogP contribution in [-0.4, -0.2) is 24.6 Å². The monoisotopic (exact) mass is 592 g/mol. The Morgan fingerprint density at radius 2 is 1.26 bits per heavy atom. The van der Waals surface area contributed by atoms with Gasteiger partial charge in [-0.05, 0) is 92.4 Å². The molecular weight excluding hydrogens is 544 g/mol. The zero-order valence-electron chi connectivity index (χ0n) is 25.7. The molecule has 0 radical (unpaired) electrons. The molecule has 1 atom stereocenters. The predicted octanol–water partition coefficient (Wildman–Crippen LogP) is 10.7. The summed E-state index contributed by atoms with van der Waals surface area (Å²) < 4.78 is 17.0. The van der Waals surface area contributed by atoms with E-state index in [0.29, 0.717) is 16.2 Å². The van der Waals surface area contributed by atoms with Gasteiger partial charge < -0.3 is 14.2 Å². The largest absolute Gasteiger partial charge is 0.494 e. The highest BCUT2D eigenvalue weighted by molar-refractivity contribution is 7.17. The number of unbranched alkanes of at least 4 members (excludes halogenated alkanes) is 10. The lowest BCUT2D eigenvalue weighted by atomic mass is 10.1. The first-order valence-electron chi connectivity index (χ1n) is 15.9. The number of thiophene rings is 1. The fourth-order valence-corrected chi connectivity index (χ4v) is 5.62. The Morgan fingerprint density at radius 1 is 0.667 bits per heavy atom. The lowest BCUT2D eigenvalue weighted by Crippen LogP contribution is -2.15. The van der Waals surface area contributed by atoms with Gasteiger partial charge in [0.15, 0.2) is 0 Å². The normalized spacial score (nSPS) is 11.7. The first-order valence-corrected chi connectivity index (χ1v) is 16.7. The van der Waals surface area contributed by atoms with Gasteiger partial charge in [0, 0.05) is 4.88 Å². The van der Waals surface area contributed by atoms with Crippen molar-refractivity contribution < 1.29 is 23.8 Å². The predicted molar refractivity (Wildman–Crippen MR) is 173 cm³/mol. The molecule has 0 spiro atoms. The highest BCUT2D eigenvalue weighted by atomic mass is 32.1. The molecule has 0 unspecified atom stereocenters. The van der Waals surface area contributed by atoms with Gasteiger partial charge in [0.05, 0.1) is 18.3 Å². The van der Waals surface area contributed by atoms with E-state index in [4.69, 9.17) is 14.2 Å². The van der Waals surface area contributed by atoms with E-state index in [9.17, 15) is 9.59 Å². The molecule has 0 aliphatic heterocycles. The van der Waals surface area contributed by atoms with Crippen molar-refractivity contribution in [3.63, 3.8) is 0 Å². The van der Waals surface area contributed by atoms with Crippen molar-refractivity contribution >= 4 is 23.3 Å². The maximum atomic E-state index is 12.8. The number of rotatable bonds is 20. The Morgan fingerprint density at radius 3 is 1.93 bits per heavy atom. The molecule has 6 heteroatoms. The van der Waals surface area contributed by atoms with Crippen LogP contribution < -0.4 is 9.47 Å². The summed E-state index contributed by atoms with van der Waals surface area (Å²) >= 11 is 1.39. The molecule has 0 aliphatic rings. The summed E-state index contributed by atoms with van der Waals surface area (Å²) in [6.45, 7) is 7.09. The van der Waals surface area contributed by atoms with Crippen molar-refractivity contribution in [2.24, 2.45) is 0 Å². The Kier molecular flexibility index (Phi) is 15.2. The third-order valence-electron chi connectivity index (χ3n) is 7.29. The van der Waals surface area contributed by atoms with Gasteiger partial charge in [0.1, 0.15) is 16.4 Å². The van der Waals surface area contributed by atoms with Gasteiger partial charge in [-0.25, -0.2) is 9.59 Å². The molecule has 0 saturated carbocycles. The van der Waals surface area contributed by atoms with E-state index in [1.807, 2.05) is 37.3 Å². The zero-order valence-corrected chi connectivity index (χ0v) is 26.5. The zero-order chi connectivity index (χ0) is 30.0. The van der Waals surface area contributed by atoms with Crippen LogP contribution >= 0.6 is 11.3 Å². The number of benzene rings is 2. The smallest absolute Gasteiger partial charge is 0.353 e. The highest BCUT2D eigenvalue weighted by Gasteiger charge is 2.15. The van der Waals surface area contributed by atoms with Crippen molar-refractivity contribution in [2.75, 3.05) is 6.61 Å². The van der Waals surface area contributed by atoms with Gasteiger partial charge in [-0.1, -0.05) is 78.1 Å². The second-order valence-corrected chi connectivity index (χ2v) is 12.1. The van der Waals surface area contributed by atoms with Crippen LogP contribution in [-0.2, 0) is 4.74 Å². The molecule has 1 aromatic heterocycles. The molecule has 0 amide bonds. The van der Waals surface area contributed by atoms with Gasteiger partial charge in [-0.2, -0.15) is 0 Å². The maximum absolute atomic E-state index is 12.8. The molecule has 1 heterocycles. The fourth-order valence-electron chi connectivity index (χ4n) is 4.73. The van der Waals surface area contributed by atoms with Crippen LogP contribution in [0.1, 0.15) is 124 Å². The highest BCUT2D eigenvalue weighted by Crippen LogP contribution is 2.30. The van der Waals surface area contributed by atoms with Crippen LogP contribution in [0.3, 0.4) is 0 Å². The topological polar surface area (TPSA) is 61.8 Å². The Bertz CT molecular complexity index is 1180. The summed E-state index contributed by atoms with van der Waals surface area (Å²) in [5, 5.41) is 0. The molecular formula is C36H48O5S. The third kappa shape index (κ3) is 12.0. The summed E-state index contributed by atoms with van der Waals surface area (Å²) in [5.74, 6) is 0.472. The van der Waals surface area contributed by atoms with Crippen LogP contribution in [0, 0.1) is 0 Å². The molecule has 0 saturated heterocycles. The third-order valence-corrected chi connectivity index (χ3v) is 8.40. The lowest BCUT2D eigenvalue weighted by Gasteiger charge is -2.13. The number of carbonyl (C=O) groups is 2. The molecule has 5 nitrogen and oxygen atoms in total. The summed E-state index contributed by atoms with van der Waals surface area (Å²) in [7, 11) is 0. The number of esters is 2. The standard InChI is InChI=1S/C36H48O5S/c1-4-6-8-10-11-12-13-15-27-39-31-21-17-29(18-22-31)33-25-26-34(42-33)36(38)41-32-23-19-30(20-24-32)35(37)40-28(3)16-14-9-7-5-2/h17-26,28H,4-16,27H2,1-3H3/t28-/m1/s1. The summed E-state index contributed by atoms with van der Waals surface area (Å²) in [6.07, 6.45) is 15.6. The van der Waals surface area contributed by atoms with Crippen molar-refractivity contribution in [2.45, 2.75) is 110 Å². The molecule has 2 aromatic carbocycles. The van der Waals surface area contributed by atoms with E-state index in [1.54, 1.807) is 30.3 Å².